The van der Waals surface area contributed by atoms with Crippen LogP contribution in [0.2, 0.25) is 0 Å². The van der Waals surface area contributed by atoms with E-state index in [0.717, 1.165) is 103 Å². The fourth-order valence-corrected chi connectivity index (χ4v) is 12.3. The van der Waals surface area contributed by atoms with Crippen LogP contribution in [0.3, 0.4) is 0 Å². The Hall–Kier alpha value is -7.11. The molecule has 0 radical (unpaired) electrons. The summed E-state index contributed by atoms with van der Waals surface area (Å²) < 4.78 is 43.5. The number of ketones is 6. The van der Waals surface area contributed by atoms with Crippen LogP contribution in [-0.4, -0.2) is 252 Å². The van der Waals surface area contributed by atoms with Gasteiger partial charge in [-0.05, 0) is 97.8 Å². The van der Waals surface area contributed by atoms with Crippen molar-refractivity contribution in [3.8, 4) is 0 Å². The SMILES string of the molecule is CC(=O)[C@H](CCCCNC(=O)COCCOCCCC(=O)COCCOCCNC(=O)CC[C@H](CC(=O)CCCCCCCCCCCCC(=O)O)C(=O)O)CC(=O)[C@H](CCCCNC(=O)COCCOCCNC(=O)COCCOCCCC(=O)CCC(NC(=O)CCCCCCCCCCCCC(=O)O)C(=O)O)CC(=O)C(C)(C)N. The molecule has 117 heavy (non-hydrogen) atoms. The van der Waals surface area contributed by atoms with Gasteiger partial charge in [-0.25, -0.2) is 4.79 Å². The Labute approximate surface area is 693 Å². The summed E-state index contributed by atoms with van der Waals surface area (Å²) in [5, 5.41) is 50.0. The summed E-state index contributed by atoms with van der Waals surface area (Å²) in [6.07, 6.45) is 24.0. The molecule has 0 aromatic heterocycles. The van der Waals surface area contributed by atoms with E-state index in [1.165, 1.54) is 6.92 Å². The lowest BCUT2D eigenvalue weighted by Gasteiger charge is -2.23. The quantitative estimate of drug-likeness (QED) is 0.0255. The van der Waals surface area contributed by atoms with Crippen molar-refractivity contribution in [1.29, 1.82) is 0 Å². The second-order valence-electron chi connectivity index (χ2n) is 30.5. The highest BCUT2D eigenvalue weighted by Gasteiger charge is 2.31. The zero-order valence-electron chi connectivity index (χ0n) is 70.7. The van der Waals surface area contributed by atoms with E-state index in [1.807, 2.05) is 0 Å². The van der Waals surface area contributed by atoms with Crippen LogP contribution in [0.15, 0.2) is 0 Å². The summed E-state index contributed by atoms with van der Waals surface area (Å²) >= 11 is 0. The molecule has 0 aromatic carbocycles. The molecule has 11 N–H and O–H groups in total. The van der Waals surface area contributed by atoms with Crippen LogP contribution in [0.25, 0.3) is 0 Å². The molecule has 0 fully saturated rings. The maximum atomic E-state index is 13.7. The van der Waals surface area contributed by atoms with Gasteiger partial charge in [-0.2, -0.15) is 0 Å². The van der Waals surface area contributed by atoms with E-state index in [1.54, 1.807) is 13.8 Å². The number of hydrogen-bond donors (Lipinski definition) is 10. The van der Waals surface area contributed by atoms with Gasteiger partial charge in [-0.3, -0.25) is 67.1 Å². The van der Waals surface area contributed by atoms with Gasteiger partial charge in [-0.1, -0.05) is 116 Å². The molecule has 0 bridgehead atoms. The zero-order chi connectivity index (χ0) is 86.8. The van der Waals surface area contributed by atoms with Crippen molar-refractivity contribution in [2.24, 2.45) is 23.5 Å². The standard InChI is InChI=1S/C84H146N6O27/c1-65(91)66(30-24-26-42-86-77(99)62-115-55-51-111-47-29-34-71(94)61-114-54-52-112-48-44-88-75(97)41-38-68(82(106)107)58-70(93)32-20-16-12-8-4-6-10-14-18-22-36-80(102)103)59-73(95)67(60-74(96)84(2,3)85)31-25-27-43-87-78(100)63-117-57-53-113-49-45-89-79(101)64-116-56-50-110-46-28-33-69(92)39-40-72(83(108)109)90-76(98)35-21-17-13-9-5-7-11-15-19-23-37-81(104)105/h66-68,72H,4-64,85H2,1-3H3,(H,86,99)(H,87,100)(H,88,97)(H,89,101)(H,90,98)(H,102,103)(H,104,105)(H,106,107)(H,108,109)/t66-,67-,68-,72?/m1/s1. The first-order chi connectivity index (χ1) is 56.1. The molecule has 0 heterocycles. The predicted molar refractivity (Wildman–Crippen MR) is 435 cm³/mol. The van der Waals surface area contributed by atoms with E-state index >= 15 is 0 Å². The first-order valence-electron chi connectivity index (χ1n) is 42.9. The van der Waals surface area contributed by atoms with Crippen molar-refractivity contribution in [2.45, 2.75) is 296 Å². The molecule has 0 aliphatic heterocycles. The summed E-state index contributed by atoms with van der Waals surface area (Å²) in [7, 11) is 0. The molecule has 33 heteroatoms. The molecule has 0 spiro atoms. The van der Waals surface area contributed by atoms with E-state index in [0.29, 0.717) is 103 Å². The number of carboxylic acids is 4. The maximum absolute atomic E-state index is 13.7. The van der Waals surface area contributed by atoms with Crippen LogP contribution in [0.5, 0.6) is 0 Å². The molecule has 0 aromatic rings. The Morgan fingerprint density at radius 1 is 0.299 bits per heavy atom. The third-order valence-corrected chi connectivity index (χ3v) is 19.3. The fourth-order valence-electron chi connectivity index (χ4n) is 12.3. The Bertz CT molecular complexity index is 2790. The fraction of sp³-hybridized carbons (Fsp3) is 0.821. The molecule has 674 valence electrons. The van der Waals surface area contributed by atoms with E-state index < -0.39 is 53.2 Å². The third kappa shape index (κ3) is 72.6. The lowest BCUT2D eigenvalue weighted by atomic mass is 9.82. The van der Waals surface area contributed by atoms with Gasteiger partial charge in [0.25, 0.3) is 0 Å². The highest BCUT2D eigenvalue weighted by Crippen LogP contribution is 2.25. The number of nitrogens with two attached hydrogens (primary N) is 1. The van der Waals surface area contributed by atoms with Gasteiger partial charge < -0.3 is 90.6 Å². The maximum Gasteiger partial charge on any atom is 0.326 e. The molecule has 0 rings (SSSR count). The largest absolute Gasteiger partial charge is 0.481 e. The lowest BCUT2D eigenvalue weighted by molar-refractivity contribution is -0.144. The molecular weight excluding hydrogens is 1520 g/mol. The van der Waals surface area contributed by atoms with Crippen LogP contribution in [0.1, 0.15) is 284 Å². The van der Waals surface area contributed by atoms with Crippen molar-refractivity contribution >= 4 is 88.1 Å². The normalized spacial score (nSPS) is 12.4. The minimum atomic E-state index is -1.19. The second kappa shape index (κ2) is 75.1. The van der Waals surface area contributed by atoms with Gasteiger partial charge in [0.2, 0.25) is 29.5 Å². The van der Waals surface area contributed by atoms with Crippen LogP contribution in [0, 0.1) is 17.8 Å². The van der Waals surface area contributed by atoms with Gasteiger partial charge in [0.1, 0.15) is 55.6 Å². The van der Waals surface area contributed by atoms with Crippen molar-refractivity contribution in [3.63, 3.8) is 0 Å². The van der Waals surface area contributed by atoms with Crippen molar-refractivity contribution in [2.75, 3.05) is 132 Å². The average Bonchev–Trinajstić information content (AvgIpc) is 0.880. The smallest absolute Gasteiger partial charge is 0.326 e. The summed E-state index contributed by atoms with van der Waals surface area (Å²) in [6.45, 7) is 7.13. The minimum absolute atomic E-state index is 0.00320. The number of carboxylic acid groups (broad SMARTS) is 4. The highest BCUT2D eigenvalue weighted by atomic mass is 16.5. The van der Waals surface area contributed by atoms with Crippen LogP contribution in [0.4, 0.5) is 0 Å². The number of aliphatic carboxylic acids is 4. The summed E-state index contributed by atoms with van der Waals surface area (Å²) in [4.78, 5) is 183. The Morgan fingerprint density at radius 2 is 0.675 bits per heavy atom. The lowest BCUT2D eigenvalue weighted by Crippen LogP contribution is -2.43. The average molecular weight is 1670 g/mol. The van der Waals surface area contributed by atoms with Gasteiger partial charge in [0, 0.05) is 122 Å². The third-order valence-electron chi connectivity index (χ3n) is 19.3. The van der Waals surface area contributed by atoms with E-state index in [9.17, 15) is 82.1 Å². The number of ether oxygens (including phenoxy) is 8. The summed E-state index contributed by atoms with van der Waals surface area (Å²) in [5.74, 6) is -8.79. The molecular formula is C84H146N6O27. The summed E-state index contributed by atoms with van der Waals surface area (Å²) in [6, 6.07) is -1.15. The molecule has 1 unspecified atom stereocenters. The number of Topliss-reactive ketones (excluding diaryl/α,β-unsaturated/α-hetero) is 6. The second-order valence-corrected chi connectivity index (χ2v) is 30.5. The number of hydrogen-bond acceptors (Lipinski definition) is 24. The number of rotatable bonds is 88. The topological polar surface area (TPSA) is 497 Å². The molecule has 0 saturated heterocycles. The van der Waals surface area contributed by atoms with Crippen LogP contribution in [-0.2, 0) is 110 Å². The Kier molecular flexibility index (Phi) is 70.6. The molecule has 5 amide bonds. The van der Waals surface area contributed by atoms with Crippen molar-refractivity contribution in [3.05, 3.63) is 0 Å². The summed E-state index contributed by atoms with van der Waals surface area (Å²) in [5.41, 5.74) is 4.92. The Morgan fingerprint density at radius 3 is 1.10 bits per heavy atom. The monoisotopic (exact) mass is 1670 g/mol. The molecule has 0 saturated carbocycles. The van der Waals surface area contributed by atoms with E-state index in [-0.39, 0.29) is 253 Å². The first kappa shape index (κ1) is 110. The van der Waals surface area contributed by atoms with Gasteiger partial charge in [0.05, 0.1) is 77.5 Å². The van der Waals surface area contributed by atoms with Crippen molar-refractivity contribution in [1.82, 2.24) is 26.6 Å². The zero-order valence-corrected chi connectivity index (χ0v) is 70.7. The molecule has 0 aliphatic carbocycles. The van der Waals surface area contributed by atoms with Gasteiger partial charge >= 0.3 is 23.9 Å². The first-order valence-corrected chi connectivity index (χ1v) is 42.9. The molecule has 0 aliphatic rings. The number of amides is 5. The van der Waals surface area contributed by atoms with E-state index in [4.69, 9.17) is 53.8 Å². The van der Waals surface area contributed by atoms with Gasteiger partial charge in [0.15, 0.2) is 11.6 Å². The van der Waals surface area contributed by atoms with Gasteiger partial charge in [-0.15, -0.1) is 0 Å². The van der Waals surface area contributed by atoms with Crippen LogP contribution < -0.4 is 32.3 Å². The number of unbranched alkanes of at least 4 members (excludes halogenated alkanes) is 20. The predicted octanol–water partition coefficient (Wildman–Crippen LogP) is 8.42. The number of carbonyl (C=O) groups is 15. The molecule has 4 atom stereocenters. The molecule has 33 nitrogen and oxygen atoms in total. The van der Waals surface area contributed by atoms with Crippen LogP contribution >= 0.6 is 0 Å². The number of nitrogens with one attached hydrogen (secondary N) is 5. The number of carbonyl (C=O) groups excluding carboxylic acids is 11. The highest BCUT2D eigenvalue weighted by molar-refractivity contribution is 5.94. The minimum Gasteiger partial charge on any atom is -0.481 e. The van der Waals surface area contributed by atoms with E-state index in [2.05, 4.69) is 26.6 Å². The van der Waals surface area contributed by atoms with Crippen molar-refractivity contribution < 1.29 is 130 Å². The Balaban J connectivity index is 4.13.